The highest BCUT2D eigenvalue weighted by atomic mass is 16.4. The quantitative estimate of drug-likeness (QED) is 0.291. The highest BCUT2D eigenvalue weighted by molar-refractivity contribution is 5.83. The number of carbonyl (C=O) groups is 1. The van der Waals surface area contributed by atoms with Crippen LogP contribution in [0.2, 0.25) is 0 Å². The van der Waals surface area contributed by atoms with Crippen LogP contribution in [0, 0.1) is 0 Å². The zero-order valence-corrected chi connectivity index (χ0v) is 15.6. The predicted molar refractivity (Wildman–Crippen MR) is 103 cm³/mol. The van der Waals surface area contributed by atoms with E-state index in [0.29, 0.717) is 0 Å². The fourth-order valence-electron chi connectivity index (χ4n) is 2.38. The third-order valence-corrected chi connectivity index (χ3v) is 3.96. The van der Waals surface area contributed by atoms with Crippen molar-refractivity contribution in [2.24, 2.45) is 0 Å². The lowest BCUT2D eigenvalue weighted by Crippen LogP contribution is -2.36. The fraction of sp³-hybridized carbons (Fsp3) is 0.667. The van der Waals surface area contributed by atoms with Crippen molar-refractivity contribution in [3.8, 4) is 0 Å². The molecule has 144 valence electrons. The van der Waals surface area contributed by atoms with Crippen LogP contribution in [-0.4, -0.2) is 39.9 Å². The third-order valence-electron chi connectivity index (χ3n) is 3.96. The standard InChI is InChI=1S/C21H36O4/c1-2-3-4-5-6-7-8-9-10-11-12-13-14-15-16-17-19(23)21(25)20(24)18-22/h3-4,6-7,9-10,20-22,24-25H,2,5,8,11-18H2,1H3/b4-3-,7-6-,10-9-/t20-,21?/m0/s1. The van der Waals surface area contributed by atoms with Gasteiger partial charge in [-0.2, -0.15) is 0 Å². The predicted octanol–water partition coefficient (Wildman–Crippen LogP) is 3.86. The van der Waals surface area contributed by atoms with Crippen molar-refractivity contribution in [3.05, 3.63) is 36.5 Å². The van der Waals surface area contributed by atoms with Crippen LogP contribution in [-0.2, 0) is 4.79 Å². The monoisotopic (exact) mass is 352 g/mol. The second kappa shape index (κ2) is 17.6. The summed E-state index contributed by atoms with van der Waals surface area (Å²) in [6.07, 6.45) is 19.8. The van der Waals surface area contributed by atoms with E-state index in [0.717, 1.165) is 57.8 Å². The normalized spacial score (nSPS) is 14.7. The molecule has 0 amide bonds. The molecule has 0 saturated heterocycles. The molecule has 4 heteroatoms. The van der Waals surface area contributed by atoms with E-state index >= 15 is 0 Å². The van der Waals surface area contributed by atoms with Gasteiger partial charge in [0.05, 0.1) is 6.61 Å². The molecule has 0 fully saturated rings. The maximum absolute atomic E-state index is 11.5. The van der Waals surface area contributed by atoms with Gasteiger partial charge in [-0.3, -0.25) is 4.79 Å². The first-order chi connectivity index (χ1) is 12.1. The summed E-state index contributed by atoms with van der Waals surface area (Å²) >= 11 is 0. The molecular formula is C21H36O4. The van der Waals surface area contributed by atoms with Crippen LogP contribution in [0.25, 0.3) is 0 Å². The Balaban J connectivity index is 3.45. The van der Waals surface area contributed by atoms with Gasteiger partial charge in [-0.25, -0.2) is 0 Å². The lowest BCUT2D eigenvalue weighted by Gasteiger charge is -2.13. The van der Waals surface area contributed by atoms with Gasteiger partial charge >= 0.3 is 0 Å². The summed E-state index contributed by atoms with van der Waals surface area (Å²) in [5, 5.41) is 27.3. The Labute approximate surface area is 153 Å². The number of unbranched alkanes of at least 4 members (excludes halogenated alkanes) is 5. The van der Waals surface area contributed by atoms with Gasteiger partial charge in [-0.1, -0.05) is 62.6 Å². The maximum atomic E-state index is 11.5. The van der Waals surface area contributed by atoms with Crippen molar-refractivity contribution < 1.29 is 20.1 Å². The number of aliphatic hydroxyl groups excluding tert-OH is 3. The van der Waals surface area contributed by atoms with Crippen LogP contribution in [0.15, 0.2) is 36.5 Å². The molecule has 0 aromatic carbocycles. The number of hydrogen-bond donors (Lipinski definition) is 3. The Bertz CT molecular complexity index is 399. The molecule has 0 saturated carbocycles. The molecule has 0 aliphatic rings. The van der Waals surface area contributed by atoms with Crippen LogP contribution >= 0.6 is 0 Å². The fourth-order valence-corrected chi connectivity index (χ4v) is 2.38. The SMILES string of the molecule is CC/C=C\C/C=C\C/C=C\CCCCCCCC(=O)C(O)[C@@H](O)CO. The number of ketones is 1. The Hall–Kier alpha value is -1.23. The number of carbonyl (C=O) groups excluding carboxylic acids is 1. The summed E-state index contributed by atoms with van der Waals surface area (Å²) in [6, 6.07) is 0. The molecule has 25 heavy (non-hydrogen) atoms. The third kappa shape index (κ3) is 14.8. The summed E-state index contributed by atoms with van der Waals surface area (Å²) in [4.78, 5) is 11.5. The van der Waals surface area contributed by atoms with Gasteiger partial charge in [0.25, 0.3) is 0 Å². The number of aliphatic hydroxyl groups is 3. The van der Waals surface area contributed by atoms with Gasteiger partial charge in [-0.15, -0.1) is 0 Å². The second-order valence-electron chi connectivity index (χ2n) is 6.26. The molecule has 0 heterocycles. The molecule has 0 radical (unpaired) electrons. The van der Waals surface area contributed by atoms with Gasteiger partial charge in [-0.05, 0) is 38.5 Å². The Morgan fingerprint density at radius 2 is 1.40 bits per heavy atom. The lowest BCUT2D eigenvalue weighted by atomic mass is 10.0. The maximum Gasteiger partial charge on any atom is 0.164 e. The summed E-state index contributed by atoms with van der Waals surface area (Å²) in [5.41, 5.74) is 0. The van der Waals surface area contributed by atoms with Crippen molar-refractivity contribution in [2.75, 3.05) is 6.61 Å². The molecule has 2 atom stereocenters. The van der Waals surface area contributed by atoms with Crippen molar-refractivity contribution in [1.29, 1.82) is 0 Å². The van der Waals surface area contributed by atoms with Crippen molar-refractivity contribution in [2.45, 2.75) is 83.3 Å². The van der Waals surface area contributed by atoms with Gasteiger partial charge in [0.2, 0.25) is 0 Å². The Morgan fingerprint density at radius 1 is 0.840 bits per heavy atom. The van der Waals surface area contributed by atoms with E-state index in [1.165, 1.54) is 0 Å². The zero-order chi connectivity index (χ0) is 18.8. The van der Waals surface area contributed by atoms with Crippen LogP contribution in [0.4, 0.5) is 0 Å². The minimum atomic E-state index is -1.45. The molecule has 0 aliphatic heterocycles. The van der Waals surface area contributed by atoms with E-state index in [-0.39, 0.29) is 12.2 Å². The summed E-state index contributed by atoms with van der Waals surface area (Å²) in [7, 11) is 0. The largest absolute Gasteiger partial charge is 0.394 e. The van der Waals surface area contributed by atoms with E-state index in [1.807, 2.05) is 0 Å². The lowest BCUT2D eigenvalue weighted by molar-refractivity contribution is -0.134. The molecular weight excluding hydrogens is 316 g/mol. The highest BCUT2D eigenvalue weighted by Gasteiger charge is 2.22. The number of Topliss-reactive ketones (excluding diaryl/α,β-unsaturated/α-hetero) is 1. The molecule has 4 nitrogen and oxygen atoms in total. The average Bonchev–Trinajstić information content (AvgIpc) is 2.63. The van der Waals surface area contributed by atoms with Crippen LogP contribution in [0.3, 0.4) is 0 Å². The molecule has 0 aliphatic carbocycles. The van der Waals surface area contributed by atoms with Crippen molar-refractivity contribution in [1.82, 2.24) is 0 Å². The minimum absolute atomic E-state index is 0.262. The zero-order valence-electron chi connectivity index (χ0n) is 15.6. The van der Waals surface area contributed by atoms with Crippen molar-refractivity contribution >= 4 is 5.78 Å². The molecule has 0 aromatic rings. The Kier molecular flexibility index (Phi) is 16.7. The van der Waals surface area contributed by atoms with Gasteiger partial charge < -0.3 is 15.3 Å². The average molecular weight is 353 g/mol. The van der Waals surface area contributed by atoms with E-state index in [2.05, 4.69) is 43.4 Å². The van der Waals surface area contributed by atoms with E-state index in [1.54, 1.807) is 0 Å². The van der Waals surface area contributed by atoms with Crippen LogP contribution in [0.1, 0.15) is 71.1 Å². The minimum Gasteiger partial charge on any atom is -0.394 e. The molecule has 0 bridgehead atoms. The van der Waals surface area contributed by atoms with E-state index < -0.39 is 18.8 Å². The van der Waals surface area contributed by atoms with Crippen molar-refractivity contribution in [3.63, 3.8) is 0 Å². The smallest absolute Gasteiger partial charge is 0.164 e. The molecule has 0 spiro atoms. The first-order valence-corrected chi connectivity index (χ1v) is 9.58. The number of rotatable bonds is 16. The van der Waals surface area contributed by atoms with Gasteiger partial charge in [0.15, 0.2) is 5.78 Å². The summed E-state index contributed by atoms with van der Waals surface area (Å²) in [5.74, 6) is -0.386. The number of allylic oxidation sites excluding steroid dienone is 6. The van der Waals surface area contributed by atoms with Crippen LogP contribution < -0.4 is 0 Å². The molecule has 1 unspecified atom stereocenters. The first-order valence-electron chi connectivity index (χ1n) is 9.58. The topological polar surface area (TPSA) is 77.8 Å². The van der Waals surface area contributed by atoms with Crippen LogP contribution in [0.5, 0.6) is 0 Å². The first kappa shape index (κ1) is 23.8. The summed E-state index contributed by atoms with van der Waals surface area (Å²) < 4.78 is 0. The second-order valence-corrected chi connectivity index (χ2v) is 6.26. The molecule has 3 N–H and O–H groups in total. The summed E-state index contributed by atoms with van der Waals surface area (Å²) in [6.45, 7) is 1.55. The Morgan fingerprint density at radius 3 is 2.04 bits per heavy atom. The van der Waals surface area contributed by atoms with Gasteiger partial charge in [0, 0.05) is 6.42 Å². The van der Waals surface area contributed by atoms with Gasteiger partial charge in [0.1, 0.15) is 12.2 Å². The van der Waals surface area contributed by atoms with E-state index in [9.17, 15) is 15.0 Å². The molecule has 0 aromatic heterocycles. The van der Waals surface area contributed by atoms with E-state index in [4.69, 9.17) is 5.11 Å². The highest BCUT2D eigenvalue weighted by Crippen LogP contribution is 2.10. The number of hydrogen-bond acceptors (Lipinski definition) is 4. The molecule has 0 rings (SSSR count).